The average molecular weight is 290 g/mol. The molecule has 19 heavy (non-hydrogen) atoms. The van der Waals surface area contributed by atoms with E-state index in [4.69, 9.17) is 10.5 Å². The standard InChI is InChI=1S/C12H19FN2O3S/c1-8(2)18-5-4-15-19(16,17)10-6-9(3)12(13)11(14)7-10/h6-8,15H,4-5,14H2,1-3H3. The van der Waals surface area contributed by atoms with E-state index in [0.717, 1.165) is 6.07 Å². The molecule has 0 fully saturated rings. The summed E-state index contributed by atoms with van der Waals surface area (Å²) in [5.74, 6) is -0.595. The van der Waals surface area contributed by atoms with E-state index >= 15 is 0 Å². The lowest BCUT2D eigenvalue weighted by Crippen LogP contribution is -2.28. The highest BCUT2D eigenvalue weighted by atomic mass is 32.2. The van der Waals surface area contributed by atoms with Gasteiger partial charge in [-0.05, 0) is 38.5 Å². The van der Waals surface area contributed by atoms with Crippen LogP contribution >= 0.6 is 0 Å². The molecule has 1 aromatic carbocycles. The van der Waals surface area contributed by atoms with Crippen molar-refractivity contribution in [2.45, 2.75) is 31.8 Å². The molecule has 108 valence electrons. The maximum atomic E-state index is 13.3. The molecule has 0 atom stereocenters. The number of hydrogen-bond acceptors (Lipinski definition) is 4. The first kappa shape index (κ1) is 15.9. The number of aryl methyl sites for hydroxylation is 1. The van der Waals surface area contributed by atoms with Crippen molar-refractivity contribution in [2.75, 3.05) is 18.9 Å². The molecule has 0 radical (unpaired) electrons. The predicted octanol–water partition coefficient (Wildman–Crippen LogP) is 1.42. The number of rotatable bonds is 6. The van der Waals surface area contributed by atoms with Crippen molar-refractivity contribution in [2.24, 2.45) is 0 Å². The molecule has 0 amide bonds. The summed E-state index contributed by atoms with van der Waals surface area (Å²) in [6, 6.07) is 2.35. The number of benzene rings is 1. The maximum absolute atomic E-state index is 13.3. The molecule has 0 saturated carbocycles. The fourth-order valence-electron chi connectivity index (χ4n) is 1.47. The van der Waals surface area contributed by atoms with Gasteiger partial charge in [0, 0.05) is 6.54 Å². The van der Waals surface area contributed by atoms with Crippen LogP contribution in [0.3, 0.4) is 0 Å². The van der Waals surface area contributed by atoms with Crippen LogP contribution in [0.1, 0.15) is 19.4 Å². The number of ether oxygens (including phenoxy) is 1. The number of anilines is 1. The fourth-order valence-corrected chi connectivity index (χ4v) is 2.60. The van der Waals surface area contributed by atoms with Crippen molar-refractivity contribution in [1.29, 1.82) is 0 Å². The van der Waals surface area contributed by atoms with Gasteiger partial charge in [-0.2, -0.15) is 0 Å². The molecule has 1 aromatic rings. The Hall–Kier alpha value is -1.18. The van der Waals surface area contributed by atoms with Crippen LogP contribution in [-0.4, -0.2) is 27.7 Å². The van der Waals surface area contributed by atoms with Gasteiger partial charge in [0.05, 0.1) is 23.3 Å². The molecule has 5 nitrogen and oxygen atoms in total. The van der Waals surface area contributed by atoms with E-state index in [2.05, 4.69) is 4.72 Å². The Morgan fingerprint density at radius 3 is 2.58 bits per heavy atom. The molecule has 0 heterocycles. The summed E-state index contributed by atoms with van der Waals surface area (Å²) in [7, 11) is -3.70. The summed E-state index contributed by atoms with van der Waals surface area (Å²) in [6.07, 6.45) is 0.0354. The predicted molar refractivity (Wildman–Crippen MR) is 71.8 cm³/mol. The van der Waals surface area contributed by atoms with Gasteiger partial charge in [0.15, 0.2) is 0 Å². The molecule has 7 heteroatoms. The first-order chi connectivity index (χ1) is 8.74. The lowest BCUT2D eigenvalue weighted by Gasteiger charge is -2.11. The first-order valence-corrected chi connectivity index (χ1v) is 7.39. The number of nitrogens with two attached hydrogens (primary N) is 1. The zero-order valence-electron chi connectivity index (χ0n) is 11.2. The second kappa shape index (κ2) is 6.31. The van der Waals surface area contributed by atoms with Crippen molar-refractivity contribution < 1.29 is 17.5 Å². The van der Waals surface area contributed by atoms with Crippen LogP contribution in [0.25, 0.3) is 0 Å². The summed E-state index contributed by atoms with van der Waals surface area (Å²) in [4.78, 5) is -0.0477. The Labute approximate surface area is 113 Å². The van der Waals surface area contributed by atoms with E-state index in [9.17, 15) is 12.8 Å². The van der Waals surface area contributed by atoms with Gasteiger partial charge in [-0.1, -0.05) is 0 Å². The zero-order valence-corrected chi connectivity index (χ0v) is 12.1. The lowest BCUT2D eigenvalue weighted by atomic mass is 10.2. The number of halogens is 1. The SMILES string of the molecule is Cc1cc(S(=O)(=O)NCCOC(C)C)cc(N)c1F. The van der Waals surface area contributed by atoms with Crippen LogP contribution in [0.4, 0.5) is 10.1 Å². The van der Waals surface area contributed by atoms with E-state index in [1.54, 1.807) is 0 Å². The molecule has 0 aromatic heterocycles. The Morgan fingerprint density at radius 1 is 1.42 bits per heavy atom. The molecule has 0 aliphatic rings. The molecule has 0 spiro atoms. The third kappa shape index (κ3) is 4.45. The molecule has 0 aliphatic heterocycles. The van der Waals surface area contributed by atoms with Gasteiger partial charge in [-0.25, -0.2) is 17.5 Å². The highest BCUT2D eigenvalue weighted by molar-refractivity contribution is 7.89. The lowest BCUT2D eigenvalue weighted by molar-refractivity contribution is 0.0834. The third-order valence-corrected chi connectivity index (χ3v) is 3.85. The molecule has 0 unspecified atom stereocenters. The minimum atomic E-state index is -3.70. The second-order valence-corrected chi connectivity index (χ2v) is 6.23. The zero-order chi connectivity index (χ0) is 14.6. The van der Waals surface area contributed by atoms with E-state index < -0.39 is 15.8 Å². The Kier molecular flexibility index (Phi) is 5.28. The molecule has 1 rings (SSSR count). The number of nitrogen functional groups attached to an aromatic ring is 1. The van der Waals surface area contributed by atoms with Crippen LogP contribution in [0, 0.1) is 12.7 Å². The smallest absolute Gasteiger partial charge is 0.240 e. The van der Waals surface area contributed by atoms with Crippen molar-refractivity contribution in [3.8, 4) is 0 Å². The topological polar surface area (TPSA) is 81.4 Å². The normalized spacial score (nSPS) is 12.1. The van der Waals surface area contributed by atoms with E-state index in [1.165, 1.54) is 13.0 Å². The van der Waals surface area contributed by atoms with Gasteiger partial charge in [0.25, 0.3) is 0 Å². The summed E-state index contributed by atoms with van der Waals surface area (Å²) in [5, 5.41) is 0. The van der Waals surface area contributed by atoms with Crippen LogP contribution in [0.5, 0.6) is 0 Å². The van der Waals surface area contributed by atoms with Gasteiger partial charge in [-0.3, -0.25) is 0 Å². The number of sulfonamides is 1. The second-order valence-electron chi connectivity index (χ2n) is 4.46. The third-order valence-electron chi connectivity index (χ3n) is 2.41. The average Bonchev–Trinajstić information content (AvgIpc) is 2.31. The van der Waals surface area contributed by atoms with Crippen LogP contribution in [0.15, 0.2) is 17.0 Å². The van der Waals surface area contributed by atoms with Crippen molar-refractivity contribution >= 4 is 15.7 Å². The minimum Gasteiger partial charge on any atom is -0.396 e. The molecular weight excluding hydrogens is 271 g/mol. The largest absolute Gasteiger partial charge is 0.396 e. The maximum Gasteiger partial charge on any atom is 0.240 e. The van der Waals surface area contributed by atoms with Gasteiger partial charge < -0.3 is 10.5 Å². The Balaban J connectivity index is 2.78. The molecule has 0 bridgehead atoms. The van der Waals surface area contributed by atoms with Gasteiger partial charge in [0.1, 0.15) is 5.82 Å². The molecule has 0 saturated heterocycles. The Bertz CT molecular complexity index is 521. The minimum absolute atomic E-state index is 0.0354. The number of nitrogens with one attached hydrogen (secondary N) is 1. The number of hydrogen-bond donors (Lipinski definition) is 2. The van der Waals surface area contributed by atoms with Crippen LogP contribution in [-0.2, 0) is 14.8 Å². The quantitative estimate of drug-likeness (QED) is 0.613. The monoisotopic (exact) mass is 290 g/mol. The first-order valence-electron chi connectivity index (χ1n) is 5.91. The van der Waals surface area contributed by atoms with Crippen molar-refractivity contribution in [3.63, 3.8) is 0 Å². The van der Waals surface area contributed by atoms with Crippen molar-refractivity contribution in [1.82, 2.24) is 4.72 Å². The highest BCUT2D eigenvalue weighted by Crippen LogP contribution is 2.20. The molecule has 3 N–H and O–H groups in total. The summed E-state index contributed by atoms with van der Waals surface area (Å²) in [6.45, 7) is 5.60. The Morgan fingerprint density at radius 2 is 2.05 bits per heavy atom. The summed E-state index contributed by atoms with van der Waals surface area (Å²) in [5.41, 5.74) is 5.43. The summed E-state index contributed by atoms with van der Waals surface area (Å²) < 4.78 is 44.8. The van der Waals surface area contributed by atoms with E-state index in [1.807, 2.05) is 13.8 Å². The van der Waals surface area contributed by atoms with Crippen LogP contribution < -0.4 is 10.5 Å². The highest BCUT2D eigenvalue weighted by Gasteiger charge is 2.16. The molecule has 0 aliphatic carbocycles. The fraction of sp³-hybridized carbons (Fsp3) is 0.500. The van der Waals surface area contributed by atoms with Gasteiger partial charge in [-0.15, -0.1) is 0 Å². The molecular formula is C12H19FN2O3S. The van der Waals surface area contributed by atoms with Crippen LogP contribution in [0.2, 0.25) is 0 Å². The summed E-state index contributed by atoms with van der Waals surface area (Å²) >= 11 is 0. The van der Waals surface area contributed by atoms with Gasteiger partial charge >= 0.3 is 0 Å². The van der Waals surface area contributed by atoms with E-state index in [-0.39, 0.29) is 35.4 Å². The van der Waals surface area contributed by atoms with E-state index in [0.29, 0.717) is 0 Å². The van der Waals surface area contributed by atoms with Gasteiger partial charge in [0.2, 0.25) is 10.0 Å². The van der Waals surface area contributed by atoms with Crippen molar-refractivity contribution in [3.05, 3.63) is 23.5 Å².